The lowest BCUT2D eigenvalue weighted by Crippen LogP contribution is -2.45. The molecular formula is C28H36ClN3O4. The standard InChI is InChI=1S/C28H36ClN3O4/c1-28(2,3)21-8-14-24(15-9-21)32(27(36)31-23-12-10-22(29)11-13-23)18-19-4-6-20(7-5-19)26(35)30-17-16-25(33)34/h4-7,10-13,21,24H,8-9,14-18H2,1-3H3,(H,30,35)(H,31,36)(H,33,34). The number of carbonyl (C=O) groups is 3. The van der Waals surface area contributed by atoms with Crippen molar-refractivity contribution in [1.29, 1.82) is 0 Å². The molecule has 0 aromatic heterocycles. The monoisotopic (exact) mass is 513 g/mol. The minimum Gasteiger partial charge on any atom is -0.481 e. The first-order chi connectivity index (χ1) is 17.0. The predicted octanol–water partition coefficient (Wildman–Crippen LogP) is 6.18. The molecule has 0 spiro atoms. The van der Waals surface area contributed by atoms with E-state index in [9.17, 15) is 14.4 Å². The number of rotatable bonds is 8. The third kappa shape index (κ3) is 7.98. The van der Waals surface area contributed by atoms with E-state index in [0.29, 0.717) is 28.7 Å². The maximum absolute atomic E-state index is 13.4. The Kier molecular flexibility index (Phi) is 9.37. The van der Waals surface area contributed by atoms with Crippen molar-refractivity contribution < 1.29 is 19.5 Å². The smallest absolute Gasteiger partial charge is 0.322 e. The molecule has 36 heavy (non-hydrogen) atoms. The van der Waals surface area contributed by atoms with Gasteiger partial charge in [0.25, 0.3) is 5.91 Å². The number of hydrogen-bond donors (Lipinski definition) is 3. The molecule has 0 saturated heterocycles. The van der Waals surface area contributed by atoms with Gasteiger partial charge in [0.2, 0.25) is 0 Å². The van der Waals surface area contributed by atoms with Gasteiger partial charge in [-0.1, -0.05) is 44.5 Å². The number of anilines is 1. The van der Waals surface area contributed by atoms with Crippen molar-refractivity contribution in [2.75, 3.05) is 11.9 Å². The van der Waals surface area contributed by atoms with Crippen LogP contribution in [0, 0.1) is 11.3 Å². The summed E-state index contributed by atoms with van der Waals surface area (Å²) in [5.74, 6) is -0.645. The van der Waals surface area contributed by atoms with Crippen molar-refractivity contribution in [2.24, 2.45) is 11.3 Å². The van der Waals surface area contributed by atoms with E-state index < -0.39 is 5.97 Å². The lowest BCUT2D eigenvalue weighted by atomic mass is 9.71. The fourth-order valence-corrected chi connectivity index (χ4v) is 4.82. The van der Waals surface area contributed by atoms with E-state index in [1.807, 2.05) is 17.0 Å². The topological polar surface area (TPSA) is 98.7 Å². The molecule has 8 heteroatoms. The highest BCUT2D eigenvalue weighted by Crippen LogP contribution is 2.39. The van der Waals surface area contributed by atoms with Gasteiger partial charge in [0.05, 0.1) is 6.42 Å². The molecule has 0 heterocycles. The number of hydrogen-bond acceptors (Lipinski definition) is 3. The second kappa shape index (κ2) is 12.3. The highest BCUT2D eigenvalue weighted by atomic mass is 35.5. The highest BCUT2D eigenvalue weighted by Gasteiger charge is 2.33. The molecule has 0 atom stereocenters. The molecule has 2 aromatic carbocycles. The molecule has 0 radical (unpaired) electrons. The predicted molar refractivity (Wildman–Crippen MR) is 142 cm³/mol. The van der Waals surface area contributed by atoms with Gasteiger partial charge in [0, 0.05) is 35.4 Å². The summed E-state index contributed by atoms with van der Waals surface area (Å²) >= 11 is 5.99. The zero-order valence-corrected chi connectivity index (χ0v) is 22.0. The zero-order valence-electron chi connectivity index (χ0n) is 21.2. The second-order valence-electron chi connectivity index (χ2n) is 10.5. The summed E-state index contributed by atoms with van der Waals surface area (Å²) in [6.45, 7) is 7.34. The van der Waals surface area contributed by atoms with E-state index >= 15 is 0 Å². The molecule has 3 rings (SSSR count). The normalized spacial score (nSPS) is 17.8. The van der Waals surface area contributed by atoms with Gasteiger partial charge < -0.3 is 20.6 Å². The van der Waals surface area contributed by atoms with Crippen molar-refractivity contribution >= 4 is 35.2 Å². The summed E-state index contributed by atoms with van der Waals surface area (Å²) in [6, 6.07) is 14.1. The molecule has 0 bridgehead atoms. The molecule has 1 aliphatic rings. The minimum absolute atomic E-state index is 0.0752. The zero-order chi connectivity index (χ0) is 26.3. The van der Waals surface area contributed by atoms with Crippen LogP contribution in [0.2, 0.25) is 5.02 Å². The van der Waals surface area contributed by atoms with Crippen LogP contribution in [-0.4, -0.2) is 40.5 Å². The van der Waals surface area contributed by atoms with Gasteiger partial charge in [-0.15, -0.1) is 0 Å². The number of nitrogens with one attached hydrogen (secondary N) is 2. The molecule has 194 valence electrons. The number of carboxylic acid groups (broad SMARTS) is 1. The Morgan fingerprint density at radius 3 is 2.14 bits per heavy atom. The van der Waals surface area contributed by atoms with Crippen LogP contribution in [-0.2, 0) is 11.3 Å². The Morgan fingerprint density at radius 1 is 0.972 bits per heavy atom. The summed E-state index contributed by atoms with van der Waals surface area (Å²) in [5, 5.41) is 15.0. The molecule has 1 saturated carbocycles. The lowest BCUT2D eigenvalue weighted by Gasteiger charge is -2.41. The van der Waals surface area contributed by atoms with Crippen LogP contribution in [0.4, 0.5) is 10.5 Å². The van der Waals surface area contributed by atoms with Crippen molar-refractivity contribution in [2.45, 2.75) is 65.5 Å². The quantitative estimate of drug-likeness (QED) is 0.392. The Hall–Kier alpha value is -3.06. The van der Waals surface area contributed by atoms with E-state index in [4.69, 9.17) is 16.7 Å². The Morgan fingerprint density at radius 2 is 1.58 bits per heavy atom. The number of carbonyl (C=O) groups excluding carboxylic acids is 2. The molecule has 0 aliphatic heterocycles. The third-order valence-corrected chi connectivity index (χ3v) is 7.16. The van der Waals surface area contributed by atoms with Gasteiger partial charge in [0.1, 0.15) is 0 Å². The van der Waals surface area contributed by atoms with Gasteiger partial charge in [-0.05, 0) is 79.0 Å². The van der Waals surface area contributed by atoms with Gasteiger partial charge in [-0.25, -0.2) is 4.79 Å². The summed E-state index contributed by atoms with van der Waals surface area (Å²) < 4.78 is 0. The summed E-state index contributed by atoms with van der Waals surface area (Å²) in [5.41, 5.74) is 2.31. The number of aliphatic carboxylic acids is 1. The van der Waals surface area contributed by atoms with Crippen LogP contribution < -0.4 is 10.6 Å². The van der Waals surface area contributed by atoms with Crippen LogP contribution in [0.1, 0.15) is 68.8 Å². The molecular weight excluding hydrogens is 478 g/mol. The van der Waals surface area contributed by atoms with Crippen LogP contribution in [0.5, 0.6) is 0 Å². The first-order valence-corrected chi connectivity index (χ1v) is 12.8. The largest absolute Gasteiger partial charge is 0.481 e. The number of nitrogens with zero attached hydrogens (tertiary/aromatic N) is 1. The minimum atomic E-state index is -0.959. The maximum atomic E-state index is 13.4. The number of halogens is 1. The average Bonchev–Trinajstić information content (AvgIpc) is 2.83. The van der Waals surface area contributed by atoms with Crippen LogP contribution in [0.15, 0.2) is 48.5 Å². The number of carboxylic acids is 1. The second-order valence-corrected chi connectivity index (χ2v) is 11.0. The molecule has 1 fully saturated rings. The number of urea groups is 1. The molecule has 1 aliphatic carbocycles. The van der Waals surface area contributed by atoms with Crippen LogP contribution >= 0.6 is 11.6 Å². The summed E-state index contributed by atoms with van der Waals surface area (Å²) in [6.07, 6.45) is 3.92. The molecule has 7 nitrogen and oxygen atoms in total. The van der Waals surface area contributed by atoms with E-state index in [0.717, 1.165) is 31.2 Å². The van der Waals surface area contributed by atoms with Crippen LogP contribution in [0.3, 0.4) is 0 Å². The van der Waals surface area contributed by atoms with Crippen molar-refractivity contribution in [3.63, 3.8) is 0 Å². The van der Waals surface area contributed by atoms with Gasteiger partial charge >= 0.3 is 12.0 Å². The fourth-order valence-electron chi connectivity index (χ4n) is 4.69. The van der Waals surface area contributed by atoms with E-state index in [1.54, 1.807) is 36.4 Å². The third-order valence-electron chi connectivity index (χ3n) is 6.91. The average molecular weight is 514 g/mol. The van der Waals surface area contributed by atoms with E-state index in [2.05, 4.69) is 31.4 Å². The maximum Gasteiger partial charge on any atom is 0.322 e. The highest BCUT2D eigenvalue weighted by molar-refractivity contribution is 6.30. The first kappa shape index (κ1) is 27.5. The van der Waals surface area contributed by atoms with Crippen molar-refractivity contribution in [1.82, 2.24) is 10.2 Å². The van der Waals surface area contributed by atoms with Crippen molar-refractivity contribution in [3.8, 4) is 0 Å². The number of amides is 3. The lowest BCUT2D eigenvalue weighted by molar-refractivity contribution is -0.136. The molecule has 3 amide bonds. The van der Waals surface area contributed by atoms with Gasteiger partial charge in [0.15, 0.2) is 0 Å². The van der Waals surface area contributed by atoms with Gasteiger partial charge in [-0.3, -0.25) is 9.59 Å². The first-order valence-electron chi connectivity index (χ1n) is 12.4. The molecule has 0 unspecified atom stereocenters. The SMILES string of the molecule is CC(C)(C)C1CCC(N(Cc2ccc(C(=O)NCCC(=O)O)cc2)C(=O)Nc2ccc(Cl)cc2)CC1. The Bertz CT molecular complexity index is 1040. The number of benzene rings is 2. The summed E-state index contributed by atoms with van der Waals surface area (Å²) in [7, 11) is 0. The molecule has 3 N–H and O–H groups in total. The molecule has 2 aromatic rings. The van der Waals surface area contributed by atoms with Crippen molar-refractivity contribution in [3.05, 3.63) is 64.7 Å². The fraction of sp³-hybridized carbons (Fsp3) is 0.464. The Balaban J connectivity index is 1.71. The van der Waals surface area contributed by atoms with E-state index in [1.165, 1.54) is 0 Å². The van der Waals surface area contributed by atoms with E-state index in [-0.39, 0.29) is 36.4 Å². The summed E-state index contributed by atoms with van der Waals surface area (Å²) in [4.78, 5) is 38.2. The Labute approximate surface area is 218 Å². The van der Waals surface area contributed by atoms with Gasteiger partial charge in [-0.2, -0.15) is 0 Å². The van der Waals surface area contributed by atoms with Crippen LogP contribution in [0.25, 0.3) is 0 Å².